The predicted octanol–water partition coefficient (Wildman–Crippen LogP) is 2.08. The summed E-state index contributed by atoms with van der Waals surface area (Å²) in [5.41, 5.74) is 2.51. The number of aliphatic carboxylic acids is 1. The maximum absolute atomic E-state index is 12.1. The molecule has 2 saturated carbocycles. The number of carboxylic acid groups (broad SMARTS) is 1. The number of amides is 1. The summed E-state index contributed by atoms with van der Waals surface area (Å²) in [4.78, 5) is 22.8. The van der Waals surface area contributed by atoms with Gasteiger partial charge in [0.1, 0.15) is 0 Å². The van der Waals surface area contributed by atoms with Gasteiger partial charge < -0.3 is 10.4 Å². The average molecular weight is 273 g/mol. The zero-order valence-corrected chi connectivity index (χ0v) is 11.5. The first-order valence-electron chi connectivity index (χ1n) is 7.15. The van der Waals surface area contributed by atoms with Gasteiger partial charge in [0.15, 0.2) is 0 Å². The summed E-state index contributed by atoms with van der Waals surface area (Å²) in [6.45, 7) is 2.08. The lowest BCUT2D eigenvalue weighted by Gasteiger charge is -2.32. The lowest BCUT2D eigenvalue weighted by molar-refractivity contribution is -0.146. The zero-order chi connectivity index (χ0) is 14.3. The highest BCUT2D eigenvalue weighted by Gasteiger charge is 2.46. The van der Waals surface area contributed by atoms with Crippen molar-refractivity contribution in [2.24, 2.45) is 11.8 Å². The molecule has 2 unspecified atom stereocenters. The van der Waals surface area contributed by atoms with Crippen LogP contribution in [-0.2, 0) is 9.59 Å². The van der Waals surface area contributed by atoms with Gasteiger partial charge in [0, 0.05) is 12.0 Å². The molecule has 3 rings (SSSR count). The second-order valence-electron chi connectivity index (χ2n) is 6.02. The lowest BCUT2D eigenvalue weighted by Crippen LogP contribution is -2.47. The molecule has 2 atom stereocenters. The topological polar surface area (TPSA) is 66.4 Å². The van der Waals surface area contributed by atoms with E-state index in [1.54, 1.807) is 0 Å². The van der Waals surface area contributed by atoms with E-state index in [0.717, 1.165) is 6.42 Å². The number of carbonyl (C=O) groups is 2. The smallest absolute Gasteiger partial charge is 0.306 e. The first-order valence-corrected chi connectivity index (χ1v) is 7.15. The largest absolute Gasteiger partial charge is 0.481 e. The van der Waals surface area contributed by atoms with Crippen LogP contribution in [0.4, 0.5) is 0 Å². The maximum Gasteiger partial charge on any atom is 0.306 e. The molecule has 2 aliphatic rings. The Bertz CT molecular complexity index is 548. The average Bonchev–Trinajstić information content (AvgIpc) is 3.13. The van der Waals surface area contributed by atoms with Crippen LogP contribution in [0.15, 0.2) is 24.3 Å². The predicted molar refractivity (Wildman–Crippen MR) is 74.3 cm³/mol. The second-order valence-corrected chi connectivity index (χ2v) is 6.02. The van der Waals surface area contributed by atoms with Crippen molar-refractivity contribution in [3.63, 3.8) is 0 Å². The number of carbonyl (C=O) groups excluding carboxylic acids is 1. The molecule has 1 aromatic carbocycles. The maximum atomic E-state index is 12.1. The number of hydrogen-bond acceptors (Lipinski definition) is 2. The second kappa shape index (κ2) is 4.93. The van der Waals surface area contributed by atoms with Crippen LogP contribution in [0.2, 0.25) is 0 Å². The van der Waals surface area contributed by atoms with E-state index < -0.39 is 5.97 Å². The van der Waals surface area contributed by atoms with Gasteiger partial charge in [0.05, 0.1) is 5.92 Å². The normalized spacial score (nSPS) is 31.2. The van der Waals surface area contributed by atoms with Crippen molar-refractivity contribution in [3.05, 3.63) is 35.4 Å². The lowest BCUT2D eigenvalue weighted by atomic mass is 9.80. The summed E-state index contributed by atoms with van der Waals surface area (Å²) >= 11 is 0. The summed E-state index contributed by atoms with van der Waals surface area (Å²) in [6, 6.07) is 8.25. The summed E-state index contributed by atoms with van der Waals surface area (Å²) in [5, 5.41) is 11.8. The molecule has 0 saturated heterocycles. The molecular formula is C16H19NO3. The molecule has 1 amide bonds. The number of nitrogens with one attached hydrogen (secondary N) is 1. The van der Waals surface area contributed by atoms with Gasteiger partial charge in [-0.25, -0.2) is 0 Å². The molecule has 0 spiro atoms. The van der Waals surface area contributed by atoms with Crippen molar-refractivity contribution in [2.75, 3.05) is 0 Å². The zero-order valence-electron chi connectivity index (χ0n) is 11.5. The molecule has 2 N–H and O–H groups in total. The molecule has 0 aromatic heterocycles. The highest BCUT2D eigenvalue weighted by atomic mass is 16.4. The monoisotopic (exact) mass is 273 g/mol. The van der Waals surface area contributed by atoms with E-state index in [9.17, 15) is 9.59 Å². The summed E-state index contributed by atoms with van der Waals surface area (Å²) in [7, 11) is 0. The summed E-state index contributed by atoms with van der Waals surface area (Å²) in [6.07, 6.45) is 2.05. The third-order valence-corrected chi connectivity index (χ3v) is 4.55. The fourth-order valence-corrected chi connectivity index (χ4v) is 3.08. The van der Waals surface area contributed by atoms with Crippen LogP contribution in [0.25, 0.3) is 0 Å². The molecule has 2 fully saturated rings. The molecule has 106 valence electrons. The van der Waals surface area contributed by atoms with Crippen LogP contribution in [0, 0.1) is 18.8 Å². The first-order chi connectivity index (χ1) is 9.56. The Labute approximate surface area is 118 Å². The van der Waals surface area contributed by atoms with Crippen LogP contribution < -0.4 is 5.32 Å². The van der Waals surface area contributed by atoms with Crippen LogP contribution >= 0.6 is 0 Å². The van der Waals surface area contributed by atoms with Crippen molar-refractivity contribution >= 4 is 11.9 Å². The van der Waals surface area contributed by atoms with Crippen molar-refractivity contribution in [2.45, 2.75) is 38.1 Å². The van der Waals surface area contributed by atoms with E-state index in [4.69, 9.17) is 5.11 Å². The Morgan fingerprint density at radius 1 is 1.20 bits per heavy atom. The van der Waals surface area contributed by atoms with E-state index in [2.05, 4.69) is 24.4 Å². The van der Waals surface area contributed by atoms with Gasteiger partial charge in [0.25, 0.3) is 0 Å². The van der Waals surface area contributed by atoms with Gasteiger partial charge in [-0.15, -0.1) is 0 Å². The van der Waals surface area contributed by atoms with Crippen molar-refractivity contribution in [1.29, 1.82) is 0 Å². The number of aryl methyl sites for hydroxylation is 1. The van der Waals surface area contributed by atoms with Crippen LogP contribution in [0.3, 0.4) is 0 Å². The molecule has 0 bridgehead atoms. The standard InChI is InChI=1S/C16H19NO3/c1-9-4-2-3-5-12(9)13-8-14(13)15(18)17-11-6-10(7-11)16(19)20/h2-5,10-11,13-14H,6-8H2,1H3,(H,17,18)(H,19,20). The van der Waals surface area contributed by atoms with Crippen molar-refractivity contribution < 1.29 is 14.7 Å². The van der Waals surface area contributed by atoms with E-state index >= 15 is 0 Å². The highest BCUT2D eigenvalue weighted by molar-refractivity contribution is 5.83. The molecule has 2 aliphatic carbocycles. The fourth-order valence-electron chi connectivity index (χ4n) is 3.08. The van der Waals surface area contributed by atoms with Crippen molar-refractivity contribution in [3.8, 4) is 0 Å². The summed E-state index contributed by atoms with van der Waals surface area (Å²) in [5.74, 6) is -0.523. The molecule has 0 radical (unpaired) electrons. The van der Waals surface area contributed by atoms with Gasteiger partial charge in [-0.05, 0) is 43.2 Å². The Balaban J connectivity index is 1.52. The number of rotatable bonds is 4. The number of carboxylic acids is 1. The Morgan fingerprint density at radius 3 is 2.55 bits per heavy atom. The number of hydrogen-bond donors (Lipinski definition) is 2. The van der Waals surface area contributed by atoms with E-state index in [1.165, 1.54) is 11.1 Å². The minimum Gasteiger partial charge on any atom is -0.481 e. The Kier molecular flexibility index (Phi) is 3.24. The van der Waals surface area contributed by atoms with Crippen molar-refractivity contribution in [1.82, 2.24) is 5.32 Å². The van der Waals surface area contributed by atoms with Gasteiger partial charge in [-0.1, -0.05) is 24.3 Å². The first kappa shape index (κ1) is 13.2. The van der Waals surface area contributed by atoms with Crippen LogP contribution in [0.5, 0.6) is 0 Å². The fraction of sp³-hybridized carbons (Fsp3) is 0.500. The molecule has 4 heteroatoms. The van der Waals surface area contributed by atoms with E-state index in [-0.39, 0.29) is 23.8 Å². The third kappa shape index (κ3) is 2.42. The molecule has 4 nitrogen and oxygen atoms in total. The minimum absolute atomic E-state index is 0.0571. The van der Waals surface area contributed by atoms with Gasteiger partial charge >= 0.3 is 5.97 Å². The molecule has 0 aliphatic heterocycles. The minimum atomic E-state index is -0.750. The van der Waals surface area contributed by atoms with Gasteiger partial charge in [-0.3, -0.25) is 9.59 Å². The van der Waals surface area contributed by atoms with Gasteiger partial charge in [0.2, 0.25) is 5.91 Å². The summed E-state index contributed by atoms with van der Waals surface area (Å²) < 4.78 is 0. The SMILES string of the molecule is Cc1ccccc1C1CC1C(=O)NC1CC(C(=O)O)C1. The molecule has 1 aromatic rings. The molecular weight excluding hydrogens is 254 g/mol. The molecule has 0 heterocycles. The van der Waals surface area contributed by atoms with Crippen LogP contribution in [-0.4, -0.2) is 23.0 Å². The van der Waals surface area contributed by atoms with E-state index in [0.29, 0.717) is 18.8 Å². The Hall–Kier alpha value is -1.84. The molecule has 20 heavy (non-hydrogen) atoms. The highest BCUT2D eigenvalue weighted by Crippen LogP contribution is 2.48. The quantitative estimate of drug-likeness (QED) is 0.882. The van der Waals surface area contributed by atoms with Crippen LogP contribution in [0.1, 0.15) is 36.3 Å². The van der Waals surface area contributed by atoms with Gasteiger partial charge in [-0.2, -0.15) is 0 Å². The Morgan fingerprint density at radius 2 is 1.90 bits per heavy atom. The number of benzene rings is 1. The third-order valence-electron chi connectivity index (χ3n) is 4.55. The van der Waals surface area contributed by atoms with E-state index in [1.807, 2.05) is 12.1 Å².